The molecule has 1 aromatic carbocycles. The van der Waals surface area contributed by atoms with Gasteiger partial charge in [-0.15, -0.1) is 0 Å². The van der Waals surface area contributed by atoms with E-state index in [1.165, 1.54) is 0 Å². The minimum atomic E-state index is 0.173. The van der Waals surface area contributed by atoms with Crippen LogP contribution in [0.1, 0.15) is 18.5 Å². The first kappa shape index (κ1) is 13.4. The molecule has 2 aromatic rings. The minimum Gasteiger partial charge on any atom is -0.353 e. The van der Waals surface area contributed by atoms with Crippen LogP contribution >= 0.6 is 27.5 Å². The molecule has 0 aliphatic carbocycles. The average Bonchev–Trinajstić information content (AvgIpc) is 2.38. The third kappa shape index (κ3) is 2.85. The van der Waals surface area contributed by atoms with Crippen LogP contribution in [-0.4, -0.2) is 12.0 Å². The second kappa shape index (κ2) is 5.72. The van der Waals surface area contributed by atoms with Crippen molar-refractivity contribution in [3.8, 4) is 0 Å². The fourth-order valence-corrected chi connectivity index (χ4v) is 2.33. The number of benzene rings is 1. The molecule has 0 aliphatic heterocycles. The van der Waals surface area contributed by atoms with E-state index in [0.717, 1.165) is 20.9 Å². The van der Waals surface area contributed by atoms with Crippen LogP contribution in [0.15, 0.2) is 47.1 Å². The van der Waals surface area contributed by atoms with E-state index < -0.39 is 0 Å². The number of anilines is 1. The first-order valence-electron chi connectivity index (χ1n) is 5.68. The van der Waals surface area contributed by atoms with Crippen molar-refractivity contribution in [3.63, 3.8) is 0 Å². The van der Waals surface area contributed by atoms with Crippen molar-refractivity contribution in [1.82, 2.24) is 4.98 Å². The summed E-state index contributed by atoms with van der Waals surface area (Å²) in [6.45, 7) is 2.12. The van der Waals surface area contributed by atoms with Crippen molar-refractivity contribution in [2.24, 2.45) is 0 Å². The maximum atomic E-state index is 6.22. The van der Waals surface area contributed by atoms with E-state index in [2.05, 4.69) is 32.7 Å². The normalized spacial score (nSPS) is 12.2. The first-order chi connectivity index (χ1) is 8.59. The zero-order chi connectivity index (χ0) is 13.1. The van der Waals surface area contributed by atoms with Gasteiger partial charge in [0.05, 0.1) is 6.04 Å². The average molecular weight is 326 g/mol. The summed E-state index contributed by atoms with van der Waals surface area (Å²) in [5.74, 6) is 0.922. The molecule has 1 atom stereocenters. The number of pyridine rings is 1. The Balaban J connectivity index is 2.26. The molecule has 0 saturated heterocycles. The minimum absolute atomic E-state index is 0.173. The van der Waals surface area contributed by atoms with Crippen LogP contribution < -0.4 is 4.90 Å². The fraction of sp³-hybridized carbons (Fsp3) is 0.214. The molecule has 1 unspecified atom stereocenters. The molecule has 94 valence electrons. The molecule has 1 heterocycles. The number of nitrogens with zero attached hydrogens (tertiary/aromatic N) is 2. The molecule has 0 radical (unpaired) electrons. The van der Waals surface area contributed by atoms with Gasteiger partial charge in [-0.2, -0.15) is 0 Å². The van der Waals surface area contributed by atoms with Crippen molar-refractivity contribution >= 4 is 33.3 Å². The van der Waals surface area contributed by atoms with Crippen molar-refractivity contribution in [3.05, 3.63) is 57.7 Å². The number of rotatable bonds is 3. The lowest BCUT2D eigenvalue weighted by Gasteiger charge is -2.27. The molecule has 1 aromatic heterocycles. The van der Waals surface area contributed by atoms with Gasteiger partial charge < -0.3 is 4.90 Å². The van der Waals surface area contributed by atoms with Crippen molar-refractivity contribution in [1.29, 1.82) is 0 Å². The molecule has 4 heteroatoms. The van der Waals surface area contributed by atoms with E-state index in [9.17, 15) is 0 Å². The fourth-order valence-electron chi connectivity index (χ4n) is 1.80. The highest BCUT2D eigenvalue weighted by atomic mass is 79.9. The summed E-state index contributed by atoms with van der Waals surface area (Å²) in [4.78, 5) is 6.50. The molecule has 0 spiro atoms. The van der Waals surface area contributed by atoms with Gasteiger partial charge in [-0.05, 0) is 46.6 Å². The molecular weight excluding hydrogens is 312 g/mol. The lowest BCUT2D eigenvalue weighted by molar-refractivity contribution is 0.729. The van der Waals surface area contributed by atoms with E-state index in [1.807, 2.05) is 43.4 Å². The SMILES string of the molecule is CC(c1ccccc1Cl)N(C)c1ccc(Br)cn1. The summed E-state index contributed by atoms with van der Waals surface area (Å²) in [6, 6.07) is 12.0. The van der Waals surface area contributed by atoms with Crippen LogP contribution in [-0.2, 0) is 0 Å². The maximum absolute atomic E-state index is 6.22. The highest BCUT2D eigenvalue weighted by Gasteiger charge is 2.15. The third-order valence-corrected chi connectivity index (χ3v) is 3.82. The topological polar surface area (TPSA) is 16.1 Å². The molecule has 0 bridgehead atoms. The molecule has 0 amide bonds. The Bertz CT molecular complexity index is 528. The standard InChI is InChI=1S/C14H14BrClN2/c1-10(12-5-3-4-6-13(12)16)18(2)14-8-7-11(15)9-17-14/h3-10H,1-2H3. The molecule has 2 rings (SSSR count). The zero-order valence-corrected chi connectivity index (χ0v) is 12.6. The Hall–Kier alpha value is -1.06. The Morgan fingerprint density at radius 3 is 2.56 bits per heavy atom. The molecule has 0 fully saturated rings. The number of hydrogen-bond donors (Lipinski definition) is 0. The van der Waals surface area contributed by atoms with Gasteiger partial charge in [-0.1, -0.05) is 29.8 Å². The van der Waals surface area contributed by atoms with Gasteiger partial charge in [0.25, 0.3) is 0 Å². The number of hydrogen-bond acceptors (Lipinski definition) is 2. The van der Waals surface area contributed by atoms with E-state index in [1.54, 1.807) is 6.20 Å². The second-order valence-corrected chi connectivity index (χ2v) is 5.47. The molecular formula is C14H14BrClN2. The highest BCUT2D eigenvalue weighted by molar-refractivity contribution is 9.10. The lowest BCUT2D eigenvalue weighted by atomic mass is 10.1. The highest BCUT2D eigenvalue weighted by Crippen LogP contribution is 2.29. The lowest BCUT2D eigenvalue weighted by Crippen LogP contribution is -2.22. The van der Waals surface area contributed by atoms with Gasteiger partial charge in [-0.3, -0.25) is 0 Å². The quantitative estimate of drug-likeness (QED) is 0.813. The van der Waals surface area contributed by atoms with Gasteiger partial charge in [0, 0.05) is 22.7 Å². The van der Waals surface area contributed by atoms with Crippen LogP contribution in [0, 0.1) is 0 Å². The molecule has 18 heavy (non-hydrogen) atoms. The largest absolute Gasteiger partial charge is 0.353 e. The van der Waals surface area contributed by atoms with Crippen molar-refractivity contribution in [2.75, 3.05) is 11.9 Å². The van der Waals surface area contributed by atoms with Gasteiger partial charge in [0.1, 0.15) is 5.82 Å². The predicted molar refractivity (Wildman–Crippen MR) is 80.2 cm³/mol. The molecule has 0 N–H and O–H groups in total. The summed E-state index contributed by atoms with van der Waals surface area (Å²) in [5, 5.41) is 0.786. The van der Waals surface area contributed by atoms with Crippen LogP contribution in [0.2, 0.25) is 5.02 Å². The van der Waals surface area contributed by atoms with Crippen LogP contribution in [0.5, 0.6) is 0 Å². The molecule has 0 aliphatic rings. The van der Waals surface area contributed by atoms with Crippen LogP contribution in [0.25, 0.3) is 0 Å². The summed E-state index contributed by atoms with van der Waals surface area (Å²) in [5.41, 5.74) is 1.10. The first-order valence-corrected chi connectivity index (χ1v) is 6.85. The van der Waals surface area contributed by atoms with Crippen molar-refractivity contribution < 1.29 is 0 Å². The Morgan fingerprint density at radius 1 is 1.22 bits per heavy atom. The molecule has 2 nitrogen and oxygen atoms in total. The Labute approximate surface area is 121 Å². The van der Waals surface area contributed by atoms with Crippen LogP contribution in [0.3, 0.4) is 0 Å². The summed E-state index contributed by atoms with van der Waals surface area (Å²) >= 11 is 9.61. The smallest absolute Gasteiger partial charge is 0.128 e. The van der Waals surface area contributed by atoms with Crippen molar-refractivity contribution in [2.45, 2.75) is 13.0 Å². The van der Waals surface area contributed by atoms with Gasteiger partial charge in [0.15, 0.2) is 0 Å². The van der Waals surface area contributed by atoms with E-state index in [-0.39, 0.29) is 6.04 Å². The van der Waals surface area contributed by atoms with E-state index in [0.29, 0.717) is 0 Å². The van der Waals surface area contributed by atoms with Gasteiger partial charge in [0.2, 0.25) is 0 Å². The second-order valence-electron chi connectivity index (χ2n) is 4.14. The monoisotopic (exact) mass is 324 g/mol. The third-order valence-electron chi connectivity index (χ3n) is 3.01. The van der Waals surface area contributed by atoms with Gasteiger partial charge >= 0.3 is 0 Å². The predicted octanol–water partition coefficient (Wildman–Crippen LogP) is 4.69. The van der Waals surface area contributed by atoms with E-state index >= 15 is 0 Å². The molecule has 0 saturated carbocycles. The maximum Gasteiger partial charge on any atom is 0.128 e. The summed E-state index contributed by atoms with van der Waals surface area (Å²) in [6.07, 6.45) is 1.80. The van der Waals surface area contributed by atoms with Gasteiger partial charge in [-0.25, -0.2) is 4.98 Å². The zero-order valence-electron chi connectivity index (χ0n) is 10.3. The van der Waals surface area contributed by atoms with E-state index in [4.69, 9.17) is 11.6 Å². The van der Waals surface area contributed by atoms with Crippen LogP contribution in [0.4, 0.5) is 5.82 Å². The summed E-state index contributed by atoms with van der Waals surface area (Å²) in [7, 11) is 2.02. The Kier molecular flexibility index (Phi) is 4.25. The number of halogens is 2. The Morgan fingerprint density at radius 2 is 1.94 bits per heavy atom. The number of aromatic nitrogens is 1. The summed E-state index contributed by atoms with van der Waals surface area (Å²) < 4.78 is 0.977.